The molecule has 94 valence electrons. The molecule has 0 radical (unpaired) electrons. The Morgan fingerprint density at radius 2 is 2.41 bits per heavy atom. The molecule has 4 N–H and O–H groups in total. The van der Waals surface area contributed by atoms with Crippen molar-refractivity contribution in [1.29, 1.82) is 0 Å². The second-order valence-corrected chi connectivity index (χ2v) is 4.36. The molecule has 0 atom stereocenters. The molecular weight excluding hydrogens is 216 g/mol. The quantitative estimate of drug-likeness (QED) is 0.299. The second-order valence-electron chi connectivity index (χ2n) is 4.36. The molecule has 1 aliphatic rings. The number of aliphatic imine (C=N–C) groups is 1. The largest absolute Gasteiger partial charge is 0.353 e. The fourth-order valence-electron chi connectivity index (χ4n) is 1.73. The smallest absolute Gasteiger partial charge is 0.206 e. The Hall–Kier alpha value is -1.56. The summed E-state index contributed by atoms with van der Waals surface area (Å²) < 4.78 is 1.83. The van der Waals surface area contributed by atoms with Crippen LogP contribution in [0.5, 0.6) is 0 Å². The molecule has 1 aromatic heterocycles. The molecule has 1 saturated carbocycles. The van der Waals surface area contributed by atoms with E-state index in [0.29, 0.717) is 18.5 Å². The zero-order valence-electron chi connectivity index (χ0n) is 10.4. The van der Waals surface area contributed by atoms with Crippen LogP contribution >= 0.6 is 0 Å². The number of nitrogens with one attached hydrogen (secondary N) is 2. The number of nitrogens with zero attached hydrogens (tertiary/aromatic N) is 3. The fourth-order valence-corrected chi connectivity index (χ4v) is 1.73. The normalized spacial score (nSPS) is 16.1. The molecule has 0 aliphatic heterocycles. The highest BCUT2D eigenvalue weighted by molar-refractivity contribution is 5.79. The minimum atomic E-state index is 0.546. The standard InChI is InChI=1S/C11H20N6/c1-3-10-8(7-17(2)16-10)6-13-11(15-12)14-9-4-5-9/h7,9H,3-6,12H2,1-2H3,(H2,13,14,15). The monoisotopic (exact) mass is 236 g/mol. The van der Waals surface area contributed by atoms with Crippen molar-refractivity contribution < 1.29 is 0 Å². The van der Waals surface area contributed by atoms with Crippen molar-refractivity contribution in [3.05, 3.63) is 17.5 Å². The fraction of sp³-hybridized carbons (Fsp3) is 0.636. The first kappa shape index (κ1) is 11.9. The highest BCUT2D eigenvalue weighted by Gasteiger charge is 2.22. The lowest BCUT2D eigenvalue weighted by Gasteiger charge is -2.07. The zero-order valence-corrected chi connectivity index (χ0v) is 10.4. The summed E-state index contributed by atoms with van der Waals surface area (Å²) in [5.74, 6) is 6.09. The lowest BCUT2D eigenvalue weighted by Crippen LogP contribution is -2.42. The highest BCUT2D eigenvalue weighted by atomic mass is 15.3. The van der Waals surface area contributed by atoms with Crippen LogP contribution in [-0.2, 0) is 20.0 Å². The van der Waals surface area contributed by atoms with Crippen molar-refractivity contribution in [3.63, 3.8) is 0 Å². The van der Waals surface area contributed by atoms with E-state index in [-0.39, 0.29) is 0 Å². The number of nitrogens with two attached hydrogens (primary N) is 1. The Labute approximate surface area is 101 Å². The average Bonchev–Trinajstić information content (AvgIpc) is 3.07. The van der Waals surface area contributed by atoms with E-state index >= 15 is 0 Å². The van der Waals surface area contributed by atoms with E-state index in [0.717, 1.165) is 17.7 Å². The zero-order chi connectivity index (χ0) is 12.3. The van der Waals surface area contributed by atoms with Gasteiger partial charge in [-0.1, -0.05) is 6.92 Å². The van der Waals surface area contributed by atoms with Gasteiger partial charge < -0.3 is 5.32 Å². The van der Waals surface area contributed by atoms with Crippen LogP contribution < -0.4 is 16.6 Å². The maximum Gasteiger partial charge on any atom is 0.206 e. The van der Waals surface area contributed by atoms with Gasteiger partial charge in [0.2, 0.25) is 5.96 Å². The van der Waals surface area contributed by atoms with Crippen LogP contribution in [0.4, 0.5) is 0 Å². The van der Waals surface area contributed by atoms with Gasteiger partial charge in [0, 0.05) is 24.8 Å². The number of rotatable bonds is 4. The van der Waals surface area contributed by atoms with Gasteiger partial charge in [0.15, 0.2) is 0 Å². The Balaban J connectivity index is 2.00. The maximum absolute atomic E-state index is 5.42. The average molecular weight is 236 g/mol. The number of hydrazine groups is 1. The minimum absolute atomic E-state index is 0.546. The first-order valence-electron chi connectivity index (χ1n) is 6.02. The van der Waals surface area contributed by atoms with E-state index in [2.05, 4.69) is 27.8 Å². The molecule has 1 fully saturated rings. The minimum Gasteiger partial charge on any atom is -0.353 e. The van der Waals surface area contributed by atoms with Gasteiger partial charge in [0.05, 0.1) is 12.2 Å². The van der Waals surface area contributed by atoms with E-state index in [1.54, 1.807) is 0 Å². The van der Waals surface area contributed by atoms with Crippen molar-refractivity contribution in [3.8, 4) is 0 Å². The first-order chi connectivity index (χ1) is 8.22. The van der Waals surface area contributed by atoms with Crippen molar-refractivity contribution in [2.45, 2.75) is 38.8 Å². The van der Waals surface area contributed by atoms with Crippen LogP contribution in [0, 0.1) is 0 Å². The van der Waals surface area contributed by atoms with Gasteiger partial charge in [0.25, 0.3) is 0 Å². The number of hydrogen-bond donors (Lipinski definition) is 3. The Morgan fingerprint density at radius 1 is 1.65 bits per heavy atom. The van der Waals surface area contributed by atoms with Crippen molar-refractivity contribution in [2.24, 2.45) is 17.9 Å². The van der Waals surface area contributed by atoms with Gasteiger partial charge in [0.1, 0.15) is 0 Å². The molecule has 0 bridgehead atoms. The number of aryl methyl sites for hydroxylation is 2. The molecule has 1 aromatic rings. The van der Waals surface area contributed by atoms with Gasteiger partial charge in [-0.05, 0) is 19.3 Å². The third-order valence-electron chi connectivity index (χ3n) is 2.79. The summed E-state index contributed by atoms with van der Waals surface area (Å²) in [5.41, 5.74) is 4.85. The molecule has 1 heterocycles. The van der Waals surface area contributed by atoms with Gasteiger partial charge in [-0.3, -0.25) is 10.1 Å². The van der Waals surface area contributed by atoms with Crippen LogP contribution in [0.15, 0.2) is 11.2 Å². The van der Waals surface area contributed by atoms with Crippen molar-refractivity contribution in [2.75, 3.05) is 0 Å². The second kappa shape index (κ2) is 5.18. The summed E-state index contributed by atoms with van der Waals surface area (Å²) in [4.78, 5) is 4.43. The molecular formula is C11H20N6. The SMILES string of the molecule is CCc1nn(C)cc1CN=C(NN)NC1CC1. The van der Waals surface area contributed by atoms with Crippen molar-refractivity contribution in [1.82, 2.24) is 20.5 Å². The van der Waals surface area contributed by atoms with Crippen LogP contribution in [0.3, 0.4) is 0 Å². The topological polar surface area (TPSA) is 80.3 Å². The molecule has 0 saturated heterocycles. The predicted molar refractivity (Wildman–Crippen MR) is 67.2 cm³/mol. The molecule has 2 rings (SSSR count). The van der Waals surface area contributed by atoms with Crippen LogP contribution in [0.2, 0.25) is 0 Å². The summed E-state index contributed by atoms with van der Waals surface area (Å²) in [6.45, 7) is 2.70. The van der Waals surface area contributed by atoms with E-state index in [1.807, 2.05) is 17.9 Å². The van der Waals surface area contributed by atoms with Gasteiger partial charge in [-0.15, -0.1) is 0 Å². The summed E-state index contributed by atoms with van der Waals surface area (Å²) in [6.07, 6.45) is 5.34. The summed E-state index contributed by atoms with van der Waals surface area (Å²) in [5, 5.41) is 7.62. The van der Waals surface area contributed by atoms with Crippen molar-refractivity contribution >= 4 is 5.96 Å². The summed E-state index contributed by atoms with van der Waals surface area (Å²) in [7, 11) is 1.93. The van der Waals surface area contributed by atoms with E-state index in [4.69, 9.17) is 5.84 Å². The van der Waals surface area contributed by atoms with E-state index in [9.17, 15) is 0 Å². The highest BCUT2D eigenvalue weighted by Crippen LogP contribution is 2.18. The predicted octanol–water partition coefficient (Wildman–Crippen LogP) is 0.0538. The Morgan fingerprint density at radius 3 is 3.00 bits per heavy atom. The molecule has 0 aromatic carbocycles. The molecule has 17 heavy (non-hydrogen) atoms. The number of hydrogen-bond acceptors (Lipinski definition) is 3. The van der Waals surface area contributed by atoms with Crippen LogP contribution in [0.1, 0.15) is 31.0 Å². The molecule has 6 heteroatoms. The van der Waals surface area contributed by atoms with E-state index in [1.165, 1.54) is 12.8 Å². The lowest BCUT2D eigenvalue weighted by molar-refractivity contribution is 0.746. The lowest BCUT2D eigenvalue weighted by atomic mass is 10.2. The van der Waals surface area contributed by atoms with E-state index < -0.39 is 0 Å². The summed E-state index contributed by atoms with van der Waals surface area (Å²) >= 11 is 0. The third kappa shape index (κ3) is 3.20. The maximum atomic E-state index is 5.42. The Bertz CT molecular complexity index is 404. The third-order valence-corrected chi connectivity index (χ3v) is 2.79. The molecule has 1 aliphatic carbocycles. The molecule has 6 nitrogen and oxygen atoms in total. The molecule has 0 unspecified atom stereocenters. The van der Waals surface area contributed by atoms with Gasteiger partial charge in [-0.25, -0.2) is 10.8 Å². The first-order valence-corrected chi connectivity index (χ1v) is 6.02. The van der Waals surface area contributed by atoms with Gasteiger partial charge >= 0.3 is 0 Å². The summed E-state index contributed by atoms with van der Waals surface area (Å²) in [6, 6.07) is 0.546. The number of guanidine groups is 1. The Kier molecular flexibility index (Phi) is 3.63. The molecule has 0 amide bonds. The number of aromatic nitrogens is 2. The van der Waals surface area contributed by atoms with Gasteiger partial charge in [-0.2, -0.15) is 5.10 Å². The van der Waals surface area contributed by atoms with Crippen LogP contribution in [0.25, 0.3) is 0 Å². The van der Waals surface area contributed by atoms with Crippen LogP contribution in [-0.4, -0.2) is 21.8 Å². The molecule has 0 spiro atoms.